The minimum Gasteiger partial charge on any atom is -0.480 e. The lowest BCUT2D eigenvalue weighted by molar-refractivity contribution is -0.144. The second-order valence-corrected chi connectivity index (χ2v) is 5.84. The predicted octanol–water partition coefficient (Wildman–Crippen LogP) is 0.160. The summed E-state index contributed by atoms with van der Waals surface area (Å²) in [5.41, 5.74) is -1.19. The number of amides is 3. The van der Waals surface area contributed by atoms with Gasteiger partial charge in [0.25, 0.3) is 0 Å². The van der Waals surface area contributed by atoms with Crippen molar-refractivity contribution in [2.75, 3.05) is 13.1 Å². The fraction of sp³-hybridized carbons (Fsp3) is 0.769. The molecule has 1 saturated heterocycles. The number of nitrogens with one attached hydrogen (secondary N) is 2. The highest BCUT2D eigenvalue weighted by atomic mass is 16.4. The van der Waals surface area contributed by atoms with Crippen LogP contribution in [-0.4, -0.2) is 52.6 Å². The number of carbonyl (C=O) groups excluding carboxylic acids is 2. The standard InChI is InChI=1S/C13H21N3O4/c1-8(17)14-10-5-6-16(7-10)12(20)15-13(2,11(18)19)9-3-4-9/h9-10H,3-7H2,1-2H3,(H,14,17)(H,15,20)(H,18,19). The molecule has 0 bridgehead atoms. The van der Waals surface area contributed by atoms with Gasteiger partial charge in [0.1, 0.15) is 5.54 Å². The van der Waals surface area contributed by atoms with E-state index in [0.29, 0.717) is 19.5 Å². The summed E-state index contributed by atoms with van der Waals surface area (Å²) >= 11 is 0. The summed E-state index contributed by atoms with van der Waals surface area (Å²) in [6.07, 6.45) is 2.36. The number of aliphatic carboxylic acids is 1. The zero-order chi connectivity index (χ0) is 14.9. The zero-order valence-electron chi connectivity index (χ0n) is 11.8. The molecule has 0 aromatic heterocycles. The van der Waals surface area contributed by atoms with Crippen LogP contribution in [0.5, 0.6) is 0 Å². The second kappa shape index (κ2) is 5.30. The molecule has 3 N–H and O–H groups in total. The van der Waals surface area contributed by atoms with Crippen molar-refractivity contribution in [3.8, 4) is 0 Å². The van der Waals surface area contributed by atoms with Crippen LogP contribution in [0.2, 0.25) is 0 Å². The van der Waals surface area contributed by atoms with Crippen molar-refractivity contribution in [1.82, 2.24) is 15.5 Å². The number of nitrogens with zero attached hydrogens (tertiary/aromatic N) is 1. The Hall–Kier alpha value is -1.79. The molecule has 7 nitrogen and oxygen atoms in total. The molecular formula is C13H21N3O4. The van der Waals surface area contributed by atoms with Crippen molar-refractivity contribution < 1.29 is 19.5 Å². The van der Waals surface area contributed by atoms with Gasteiger partial charge in [-0.1, -0.05) is 0 Å². The Bertz CT molecular complexity index is 435. The van der Waals surface area contributed by atoms with Crippen LogP contribution < -0.4 is 10.6 Å². The topological polar surface area (TPSA) is 98.7 Å². The van der Waals surface area contributed by atoms with Gasteiger partial charge in [-0.15, -0.1) is 0 Å². The Balaban J connectivity index is 1.92. The maximum atomic E-state index is 12.2. The third-order valence-electron chi connectivity index (χ3n) is 4.09. The highest BCUT2D eigenvalue weighted by Gasteiger charge is 2.49. The molecular weight excluding hydrogens is 262 g/mol. The van der Waals surface area contributed by atoms with Crippen molar-refractivity contribution >= 4 is 17.9 Å². The molecule has 1 heterocycles. The SMILES string of the molecule is CC(=O)NC1CCN(C(=O)NC(C)(C(=O)O)C2CC2)C1. The Morgan fingerprint density at radius 2 is 1.90 bits per heavy atom. The number of carboxylic acid groups (broad SMARTS) is 1. The van der Waals surface area contributed by atoms with E-state index < -0.39 is 11.5 Å². The number of rotatable bonds is 4. The molecule has 0 radical (unpaired) electrons. The summed E-state index contributed by atoms with van der Waals surface area (Å²) in [4.78, 5) is 36.1. The number of carboxylic acids is 1. The molecule has 1 aliphatic carbocycles. The Labute approximate surface area is 117 Å². The van der Waals surface area contributed by atoms with E-state index in [9.17, 15) is 19.5 Å². The lowest BCUT2D eigenvalue weighted by Gasteiger charge is -2.29. The molecule has 0 aromatic carbocycles. The van der Waals surface area contributed by atoms with Crippen LogP contribution in [0.15, 0.2) is 0 Å². The summed E-state index contributed by atoms with van der Waals surface area (Å²) < 4.78 is 0. The van der Waals surface area contributed by atoms with Gasteiger partial charge >= 0.3 is 12.0 Å². The van der Waals surface area contributed by atoms with E-state index in [2.05, 4.69) is 10.6 Å². The molecule has 20 heavy (non-hydrogen) atoms. The summed E-state index contributed by atoms with van der Waals surface area (Å²) in [5.74, 6) is -1.10. The fourth-order valence-electron chi connectivity index (χ4n) is 2.64. The summed E-state index contributed by atoms with van der Waals surface area (Å²) in [6, 6.07) is -0.412. The molecule has 1 saturated carbocycles. The van der Waals surface area contributed by atoms with Gasteiger partial charge in [-0.25, -0.2) is 9.59 Å². The van der Waals surface area contributed by atoms with E-state index >= 15 is 0 Å². The van der Waals surface area contributed by atoms with E-state index in [-0.39, 0.29) is 23.9 Å². The van der Waals surface area contributed by atoms with E-state index in [1.807, 2.05) is 0 Å². The van der Waals surface area contributed by atoms with Gasteiger partial charge in [0.2, 0.25) is 5.91 Å². The Morgan fingerprint density at radius 3 is 2.40 bits per heavy atom. The van der Waals surface area contributed by atoms with Crippen LogP contribution in [0.4, 0.5) is 4.79 Å². The number of hydrogen-bond donors (Lipinski definition) is 3. The largest absolute Gasteiger partial charge is 0.480 e. The van der Waals surface area contributed by atoms with Crippen LogP contribution in [0.1, 0.15) is 33.1 Å². The molecule has 2 fully saturated rings. The lowest BCUT2D eigenvalue weighted by atomic mass is 9.96. The minimum absolute atomic E-state index is 0.0118. The van der Waals surface area contributed by atoms with Crippen LogP contribution in [0.25, 0.3) is 0 Å². The number of urea groups is 1. The normalized spacial score (nSPS) is 24.9. The first-order chi connectivity index (χ1) is 9.33. The summed E-state index contributed by atoms with van der Waals surface area (Å²) in [6.45, 7) is 3.95. The predicted molar refractivity (Wildman–Crippen MR) is 71.1 cm³/mol. The molecule has 3 amide bonds. The Morgan fingerprint density at radius 1 is 1.25 bits per heavy atom. The van der Waals surface area contributed by atoms with Gasteiger partial charge in [-0.2, -0.15) is 0 Å². The van der Waals surface area contributed by atoms with Gasteiger partial charge in [-0.05, 0) is 32.1 Å². The van der Waals surface area contributed by atoms with E-state index in [0.717, 1.165) is 12.8 Å². The summed E-state index contributed by atoms with van der Waals surface area (Å²) in [7, 11) is 0. The molecule has 2 atom stereocenters. The van der Waals surface area contributed by atoms with E-state index in [1.54, 1.807) is 11.8 Å². The van der Waals surface area contributed by atoms with Gasteiger partial charge in [0, 0.05) is 26.1 Å². The third kappa shape index (κ3) is 3.02. The smallest absolute Gasteiger partial charge is 0.329 e. The van der Waals surface area contributed by atoms with Crippen LogP contribution in [-0.2, 0) is 9.59 Å². The van der Waals surface area contributed by atoms with Crippen molar-refractivity contribution in [3.05, 3.63) is 0 Å². The highest BCUT2D eigenvalue weighted by Crippen LogP contribution is 2.39. The van der Waals surface area contributed by atoms with Crippen LogP contribution in [0.3, 0.4) is 0 Å². The Kier molecular flexibility index (Phi) is 3.87. The molecule has 7 heteroatoms. The van der Waals surface area contributed by atoms with Gasteiger partial charge in [0.05, 0.1) is 0 Å². The van der Waals surface area contributed by atoms with Crippen molar-refractivity contribution in [3.63, 3.8) is 0 Å². The highest BCUT2D eigenvalue weighted by molar-refractivity contribution is 5.86. The van der Waals surface area contributed by atoms with Gasteiger partial charge < -0.3 is 20.6 Å². The molecule has 2 rings (SSSR count). The fourth-order valence-corrected chi connectivity index (χ4v) is 2.64. The first kappa shape index (κ1) is 14.6. The minimum atomic E-state index is -1.19. The van der Waals surface area contributed by atoms with Crippen LogP contribution in [0, 0.1) is 5.92 Å². The zero-order valence-corrected chi connectivity index (χ0v) is 11.8. The first-order valence-corrected chi connectivity index (χ1v) is 6.90. The average molecular weight is 283 g/mol. The van der Waals surface area contributed by atoms with E-state index in [1.165, 1.54) is 6.92 Å². The van der Waals surface area contributed by atoms with Crippen molar-refractivity contribution in [1.29, 1.82) is 0 Å². The number of hydrogen-bond acceptors (Lipinski definition) is 3. The quantitative estimate of drug-likeness (QED) is 0.684. The number of likely N-dealkylation sites (tertiary alicyclic amines) is 1. The lowest BCUT2D eigenvalue weighted by Crippen LogP contribution is -2.57. The third-order valence-corrected chi connectivity index (χ3v) is 4.09. The molecule has 2 aliphatic rings. The van der Waals surface area contributed by atoms with Crippen LogP contribution >= 0.6 is 0 Å². The van der Waals surface area contributed by atoms with Crippen molar-refractivity contribution in [2.24, 2.45) is 5.92 Å². The summed E-state index contributed by atoms with van der Waals surface area (Å²) in [5, 5.41) is 14.7. The monoisotopic (exact) mass is 283 g/mol. The molecule has 1 aliphatic heterocycles. The maximum absolute atomic E-state index is 12.2. The second-order valence-electron chi connectivity index (χ2n) is 5.84. The molecule has 112 valence electrons. The number of carbonyl (C=O) groups is 3. The van der Waals surface area contributed by atoms with Gasteiger partial charge in [-0.3, -0.25) is 4.79 Å². The van der Waals surface area contributed by atoms with Crippen molar-refractivity contribution in [2.45, 2.75) is 44.7 Å². The molecule has 2 unspecified atom stereocenters. The molecule has 0 spiro atoms. The first-order valence-electron chi connectivity index (χ1n) is 6.90. The maximum Gasteiger partial charge on any atom is 0.329 e. The van der Waals surface area contributed by atoms with E-state index in [4.69, 9.17) is 0 Å². The average Bonchev–Trinajstić information content (AvgIpc) is 3.10. The molecule has 0 aromatic rings. The van der Waals surface area contributed by atoms with Gasteiger partial charge in [0.15, 0.2) is 0 Å².